The number of hydrogen-bond donors (Lipinski definition) is 3. The molecule has 0 radical (unpaired) electrons. The SMILES string of the molecule is CN=C(NCCNC(=O)Cc1ccc(F)cc1)NC(C)c1ccccc1. The molecular weight excluding hydrogens is 331 g/mol. The Bertz CT molecular complexity index is 716. The largest absolute Gasteiger partial charge is 0.355 e. The molecule has 5 nitrogen and oxygen atoms in total. The molecule has 0 heterocycles. The zero-order valence-electron chi connectivity index (χ0n) is 15.1. The molecule has 0 aliphatic carbocycles. The molecular formula is C20H25FN4O. The van der Waals surface area contributed by atoms with Crippen molar-refractivity contribution in [2.45, 2.75) is 19.4 Å². The number of benzene rings is 2. The standard InChI is InChI=1S/C20H25FN4O/c1-15(17-6-4-3-5-7-17)25-20(22-2)24-13-12-23-19(26)14-16-8-10-18(21)11-9-16/h3-11,15H,12-14H2,1-2H3,(H,23,26)(H2,22,24,25). The van der Waals surface area contributed by atoms with E-state index in [9.17, 15) is 9.18 Å². The maximum Gasteiger partial charge on any atom is 0.224 e. The number of carbonyl (C=O) groups excluding carboxylic acids is 1. The lowest BCUT2D eigenvalue weighted by Gasteiger charge is -2.18. The van der Waals surface area contributed by atoms with Crippen molar-refractivity contribution in [2.24, 2.45) is 4.99 Å². The van der Waals surface area contributed by atoms with Gasteiger partial charge in [0.2, 0.25) is 5.91 Å². The summed E-state index contributed by atoms with van der Waals surface area (Å²) >= 11 is 0. The Balaban J connectivity index is 1.68. The summed E-state index contributed by atoms with van der Waals surface area (Å²) in [5, 5.41) is 9.31. The van der Waals surface area contributed by atoms with Gasteiger partial charge < -0.3 is 16.0 Å². The van der Waals surface area contributed by atoms with Gasteiger partial charge in [0.25, 0.3) is 0 Å². The normalized spacial score (nSPS) is 12.3. The van der Waals surface area contributed by atoms with E-state index in [0.717, 1.165) is 5.56 Å². The van der Waals surface area contributed by atoms with Crippen LogP contribution in [0.1, 0.15) is 24.1 Å². The summed E-state index contributed by atoms with van der Waals surface area (Å²) in [5.74, 6) is 0.273. The second kappa shape index (κ2) is 10.2. The Morgan fingerprint density at radius 2 is 1.69 bits per heavy atom. The smallest absolute Gasteiger partial charge is 0.224 e. The second-order valence-corrected chi connectivity index (χ2v) is 5.93. The number of rotatable bonds is 7. The first-order chi connectivity index (χ1) is 12.6. The van der Waals surface area contributed by atoms with Crippen molar-refractivity contribution in [3.63, 3.8) is 0 Å². The zero-order chi connectivity index (χ0) is 18.8. The molecule has 1 atom stereocenters. The molecule has 0 spiro atoms. The van der Waals surface area contributed by atoms with Gasteiger partial charge in [0, 0.05) is 20.1 Å². The summed E-state index contributed by atoms with van der Waals surface area (Å²) in [6.45, 7) is 3.09. The van der Waals surface area contributed by atoms with Crippen molar-refractivity contribution in [2.75, 3.05) is 20.1 Å². The van der Waals surface area contributed by atoms with E-state index in [1.807, 2.05) is 18.2 Å². The van der Waals surface area contributed by atoms with Crippen molar-refractivity contribution in [3.8, 4) is 0 Å². The monoisotopic (exact) mass is 356 g/mol. The van der Waals surface area contributed by atoms with Crippen LogP contribution in [-0.4, -0.2) is 32.0 Å². The summed E-state index contributed by atoms with van der Waals surface area (Å²) in [4.78, 5) is 16.1. The number of carbonyl (C=O) groups is 1. The molecule has 3 N–H and O–H groups in total. The van der Waals surface area contributed by atoms with E-state index in [2.05, 4.69) is 40.0 Å². The molecule has 0 saturated carbocycles. The van der Waals surface area contributed by atoms with Gasteiger partial charge in [-0.25, -0.2) is 4.39 Å². The lowest BCUT2D eigenvalue weighted by atomic mass is 10.1. The van der Waals surface area contributed by atoms with E-state index < -0.39 is 0 Å². The van der Waals surface area contributed by atoms with E-state index in [0.29, 0.717) is 19.0 Å². The van der Waals surface area contributed by atoms with Crippen LogP contribution in [0.5, 0.6) is 0 Å². The molecule has 2 aromatic carbocycles. The Labute approximate surface area is 153 Å². The minimum Gasteiger partial charge on any atom is -0.355 e. The highest BCUT2D eigenvalue weighted by Crippen LogP contribution is 2.10. The van der Waals surface area contributed by atoms with Crippen LogP contribution in [-0.2, 0) is 11.2 Å². The lowest BCUT2D eigenvalue weighted by molar-refractivity contribution is -0.120. The topological polar surface area (TPSA) is 65.5 Å². The van der Waals surface area contributed by atoms with E-state index in [1.165, 1.54) is 17.7 Å². The minimum atomic E-state index is -0.304. The summed E-state index contributed by atoms with van der Waals surface area (Å²) < 4.78 is 12.9. The van der Waals surface area contributed by atoms with E-state index in [-0.39, 0.29) is 24.2 Å². The molecule has 0 aliphatic rings. The average molecular weight is 356 g/mol. The Morgan fingerprint density at radius 3 is 2.35 bits per heavy atom. The molecule has 0 aromatic heterocycles. The Kier molecular flexibility index (Phi) is 7.61. The third-order valence-corrected chi connectivity index (χ3v) is 3.89. The first-order valence-electron chi connectivity index (χ1n) is 8.61. The van der Waals surface area contributed by atoms with Gasteiger partial charge in [-0.2, -0.15) is 0 Å². The second-order valence-electron chi connectivity index (χ2n) is 5.93. The van der Waals surface area contributed by atoms with E-state index in [4.69, 9.17) is 0 Å². The van der Waals surface area contributed by atoms with Gasteiger partial charge in [0.05, 0.1) is 12.5 Å². The molecule has 1 unspecified atom stereocenters. The average Bonchev–Trinajstić information content (AvgIpc) is 2.66. The van der Waals surface area contributed by atoms with Crippen molar-refractivity contribution >= 4 is 11.9 Å². The zero-order valence-corrected chi connectivity index (χ0v) is 15.1. The van der Waals surface area contributed by atoms with Crippen molar-refractivity contribution < 1.29 is 9.18 Å². The first-order valence-corrected chi connectivity index (χ1v) is 8.61. The number of halogens is 1. The molecule has 2 aromatic rings. The number of nitrogens with one attached hydrogen (secondary N) is 3. The molecule has 2 rings (SSSR count). The number of hydrogen-bond acceptors (Lipinski definition) is 2. The van der Waals surface area contributed by atoms with Crippen LogP contribution in [0.4, 0.5) is 4.39 Å². The van der Waals surface area contributed by atoms with Crippen molar-refractivity contribution in [3.05, 3.63) is 71.5 Å². The third kappa shape index (κ3) is 6.55. The molecule has 0 saturated heterocycles. The molecule has 0 bridgehead atoms. The van der Waals surface area contributed by atoms with Crippen LogP contribution in [0.3, 0.4) is 0 Å². The van der Waals surface area contributed by atoms with E-state index >= 15 is 0 Å². The molecule has 0 fully saturated rings. The van der Waals surface area contributed by atoms with Gasteiger partial charge in [0.1, 0.15) is 5.82 Å². The Morgan fingerprint density at radius 1 is 1.04 bits per heavy atom. The number of amides is 1. The van der Waals surface area contributed by atoms with Gasteiger partial charge in [-0.05, 0) is 30.2 Å². The van der Waals surface area contributed by atoms with E-state index in [1.54, 1.807) is 19.2 Å². The number of guanidine groups is 1. The molecule has 6 heteroatoms. The van der Waals surface area contributed by atoms with Crippen LogP contribution in [0.15, 0.2) is 59.6 Å². The van der Waals surface area contributed by atoms with Crippen LogP contribution in [0, 0.1) is 5.82 Å². The van der Waals surface area contributed by atoms with Crippen LogP contribution >= 0.6 is 0 Å². The van der Waals surface area contributed by atoms with Gasteiger partial charge >= 0.3 is 0 Å². The summed E-state index contributed by atoms with van der Waals surface area (Å²) in [7, 11) is 1.71. The van der Waals surface area contributed by atoms with Crippen molar-refractivity contribution in [1.29, 1.82) is 0 Å². The molecule has 138 valence electrons. The Hall–Kier alpha value is -2.89. The summed E-state index contributed by atoms with van der Waals surface area (Å²) in [6, 6.07) is 16.2. The van der Waals surface area contributed by atoms with Gasteiger partial charge in [-0.1, -0.05) is 42.5 Å². The van der Waals surface area contributed by atoms with Crippen LogP contribution in [0.2, 0.25) is 0 Å². The summed E-state index contributed by atoms with van der Waals surface area (Å²) in [5.41, 5.74) is 1.95. The van der Waals surface area contributed by atoms with Crippen molar-refractivity contribution in [1.82, 2.24) is 16.0 Å². The fourth-order valence-corrected chi connectivity index (χ4v) is 2.46. The molecule has 26 heavy (non-hydrogen) atoms. The van der Waals surface area contributed by atoms with Gasteiger partial charge in [0.15, 0.2) is 5.96 Å². The predicted molar refractivity (Wildman–Crippen MR) is 102 cm³/mol. The highest BCUT2D eigenvalue weighted by Gasteiger charge is 2.07. The number of nitrogens with zero attached hydrogens (tertiary/aromatic N) is 1. The predicted octanol–water partition coefficient (Wildman–Crippen LogP) is 2.41. The quantitative estimate of drug-likeness (QED) is 0.405. The highest BCUT2D eigenvalue weighted by molar-refractivity contribution is 5.80. The lowest BCUT2D eigenvalue weighted by Crippen LogP contribution is -2.42. The summed E-state index contributed by atoms with van der Waals surface area (Å²) in [6.07, 6.45) is 0.234. The van der Waals surface area contributed by atoms with Gasteiger partial charge in [-0.3, -0.25) is 9.79 Å². The minimum absolute atomic E-state index is 0.0981. The maximum absolute atomic E-state index is 12.9. The highest BCUT2D eigenvalue weighted by atomic mass is 19.1. The molecule has 0 aliphatic heterocycles. The first kappa shape index (κ1) is 19.4. The molecule has 1 amide bonds. The number of aliphatic imine (C=N–C) groups is 1. The van der Waals surface area contributed by atoms with Crippen LogP contribution < -0.4 is 16.0 Å². The maximum atomic E-state index is 12.9. The fourth-order valence-electron chi connectivity index (χ4n) is 2.46. The fraction of sp³-hybridized carbons (Fsp3) is 0.300. The van der Waals surface area contributed by atoms with Gasteiger partial charge in [-0.15, -0.1) is 0 Å². The van der Waals surface area contributed by atoms with Crippen LogP contribution in [0.25, 0.3) is 0 Å². The third-order valence-electron chi connectivity index (χ3n) is 3.89.